The second-order valence-corrected chi connectivity index (χ2v) is 6.33. The van der Waals surface area contributed by atoms with Gasteiger partial charge in [-0.25, -0.2) is 9.67 Å². The lowest BCUT2D eigenvalue weighted by molar-refractivity contribution is 0.194. The maximum Gasteiger partial charge on any atom is 0.147 e. The molecule has 0 aromatic carbocycles. The number of aryl methyl sites for hydroxylation is 2. The van der Waals surface area contributed by atoms with Gasteiger partial charge >= 0.3 is 0 Å². The van der Waals surface area contributed by atoms with Crippen molar-refractivity contribution in [3.8, 4) is 0 Å². The quantitative estimate of drug-likeness (QED) is 0.836. The molecule has 2 fully saturated rings. The van der Waals surface area contributed by atoms with Crippen LogP contribution in [0.15, 0.2) is 0 Å². The normalized spacial score (nSPS) is 25.5. The van der Waals surface area contributed by atoms with Crippen LogP contribution in [0.5, 0.6) is 0 Å². The number of aromatic nitrogens is 3. The summed E-state index contributed by atoms with van der Waals surface area (Å²) in [7, 11) is 0. The van der Waals surface area contributed by atoms with E-state index in [0.29, 0.717) is 6.04 Å². The number of rotatable bonds is 4. The molecular weight excluding hydrogens is 236 g/mol. The minimum absolute atomic E-state index is 0.681. The zero-order valence-corrected chi connectivity index (χ0v) is 12.3. The molecule has 3 rings (SSSR count). The van der Waals surface area contributed by atoms with E-state index in [1.807, 2.05) is 6.92 Å². The molecule has 0 radical (unpaired) electrons. The second-order valence-electron chi connectivity index (χ2n) is 6.33. The van der Waals surface area contributed by atoms with Gasteiger partial charge in [0, 0.05) is 12.6 Å². The van der Waals surface area contributed by atoms with Crippen molar-refractivity contribution in [3.05, 3.63) is 11.6 Å². The van der Waals surface area contributed by atoms with Crippen LogP contribution in [0.2, 0.25) is 0 Å². The highest BCUT2D eigenvalue weighted by Crippen LogP contribution is 2.28. The van der Waals surface area contributed by atoms with Crippen molar-refractivity contribution in [3.63, 3.8) is 0 Å². The summed E-state index contributed by atoms with van der Waals surface area (Å²) < 4.78 is 2.10. The van der Waals surface area contributed by atoms with Crippen molar-refractivity contribution in [1.29, 1.82) is 0 Å². The average Bonchev–Trinajstić information content (AvgIpc) is 3.06. The first-order chi connectivity index (χ1) is 9.22. The molecule has 1 aliphatic carbocycles. The molecule has 19 heavy (non-hydrogen) atoms. The van der Waals surface area contributed by atoms with E-state index in [-0.39, 0.29) is 0 Å². The highest BCUT2D eigenvalue weighted by molar-refractivity contribution is 4.90. The van der Waals surface area contributed by atoms with Crippen molar-refractivity contribution in [2.45, 2.75) is 65.0 Å². The fraction of sp³-hybridized carbons (Fsp3) is 0.867. The van der Waals surface area contributed by atoms with Gasteiger partial charge in [-0.2, -0.15) is 5.10 Å². The fourth-order valence-electron chi connectivity index (χ4n) is 3.80. The maximum atomic E-state index is 4.52. The monoisotopic (exact) mass is 262 g/mol. The Morgan fingerprint density at radius 1 is 1.05 bits per heavy atom. The molecular formula is C15H26N4. The van der Waals surface area contributed by atoms with Gasteiger partial charge in [0.25, 0.3) is 0 Å². The Hall–Kier alpha value is -0.900. The largest absolute Gasteiger partial charge is 0.298 e. The van der Waals surface area contributed by atoms with Gasteiger partial charge in [-0.1, -0.05) is 12.8 Å². The van der Waals surface area contributed by atoms with Crippen molar-refractivity contribution in [1.82, 2.24) is 19.7 Å². The molecule has 0 spiro atoms. The molecule has 1 aromatic rings. The summed E-state index contributed by atoms with van der Waals surface area (Å²) in [4.78, 5) is 7.13. The molecule has 4 nitrogen and oxygen atoms in total. The predicted octanol–water partition coefficient (Wildman–Crippen LogP) is 2.55. The van der Waals surface area contributed by atoms with Crippen LogP contribution in [0.1, 0.15) is 50.2 Å². The van der Waals surface area contributed by atoms with Gasteiger partial charge in [0.1, 0.15) is 11.6 Å². The number of likely N-dealkylation sites (tertiary alicyclic amines) is 1. The van der Waals surface area contributed by atoms with Gasteiger partial charge in [-0.05, 0) is 52.0 Å². The molecule has 1 saturated heterocycles. The van der Waals surface area contributed by atoms with Gasteiger partial charge in [-0.3, -0.25) is 4.90 Å². The molecule has 1 atom stereocenters. The zero-order chi connectivity index (χ0) is 13.2. The summed E-state index contributed by atoms with van der Waals surface area (Å²) in [6, 6.07) is 0.681. The van der Waals surface area contributed by atoms with Crippen LogP contribution in [-0.2, 0) is 6.54 Å². The zero-order valence-electron chi connectivity index (χ0n) is 12.3. The summed E-state index contributed by atoms with van der Waals surface area (Å²) in [5, 5.41) is 4.52. The highest BCUT2D eigenvalue weighted by atomic mass is 15.4. The van der Waals surface area contributed by atoms with E-state index >= 15 is 0 Å². The van der Waals surface area contributed by atoms with E-state index in [0.717, 1.165) is 24.1 Å². The molecule has 1 aromatic heterocycles. The lowest BCUT2D eigenvalue weighted by Crippen LogP contribution is -2.36. The van der Waals surface area contributed by atoms with Gasteiger partial charge in [-0.15, -0.1) is 0 Å². The number of hydrogen-bond acceptors (Lipinski definition) is 3. The first kappa shape index (κ1) is 13.1. The van der Waals surface area contributed by atoms with Gasteiger partial charge < -0.3 is 0 Å². The fourth-order valence-corrected chi connectivity index (χ4v) is 3.80. The Bertz CT molecular complexity index is 420. The van der Waals surface area contributed by atoms with Crippen LogP contribution >= 0.6 is 0 Å². The highest BCUT2D eigenvalue weighted by Gasteiger charge is 2.28. The molecule has 1 saturated carbocycles. The van der Waals surface area contributed by atoms with Crippen molar-refractivity contribution >= 4 is 0 Å². The van der Waals surface area contributed by atoms with Crippen LogP contribution in [0.25, 0.3) is 0 Å². The molecule has 2 aliphatic rings. The van der Waals surface area contributed by atoms with Crippen molar-refractivity contribution in [2.75, 3.05) is 13.1 Å². The third kappa shape index (κ3) is 2.99. The SMILES string of the molecule is Cc1nc(C)n(C[C@@H]2CCCN2CC2CCCC2)n1. The summed E-state index contributed by atoms with van der Waals surface area (Å²) in [6.45, 7) is 7.68. The minimum atomic E-state index is 0.681. The van der Waals surface area contributed by atoms with E-state index in [1.54, 1.807) is 0 Å². The number of hydrogen-bond donors (Lipinski definition) is 0. The van der Waals surface area contributed by atoms with Gasteiger partial charge in [0.05, 0.1) is 6.54 Å². The Labute approximate surface area is 116 Å². The smallest absolute Gasteiger partial charge is 0.147 e. The molecule has 0 amide bonds. The van der Waals surface area contributed by atoms with E-state index in [4.69, 9.17) is 0 Å². The lowest BCUT2D eigenvalue weighted by Gasteiger charge is -2.27. The third-order valence-electron chi connectivity index (χ3n) is 4.81. The third-order valence-corrected chi connectivity index (χ3v) is 4.81. The van der Waals surface area contributed by atoms with Gasteiger partial charge in [0.15, 0.2) is 0 Å². The summed E-state index contributed by atoms with van der Waals surface area (Å²) in [5.74, 6) is 2.92. The van der Waals surface area contributed by atoms with Crippen LogP contribution < -0.4 is 0 Å². The summed E-state index contributed by atoms with van der Waals surface area (Å²) in [5.41, 5.74) is 0. The molecule has 1 aliphatic heterocycles. The van der Waals surface area contributed by atoms with Crippen molar-refractivity contribution < 1.29 is 0 Å². The van der Waals surface area contributed by atoms with E-state index in [1.165, 1.54) is 51.6 Å². The standard InChI is InChI=1S/C15H26N4/c1-12-16-13(2)19(17-12)11-15-8-5-9-18(15)10-14-6-3-4-7-14/h14-15H,3-11H2,1-2H3/t15-/m0/s1. The average molecular weight is 262 g/mol. The maximum absolute atomic E-state index is 4.52. The molecule has 4 heteroatoms. The van der Waals surface area contributed by atoms with Crippen LogP contribution in [0, 0.1) is 19.8 Å². The second kappa shape index (κ2) is 5.61. The molecule has 106 valence electrons. The summed E-state index contributed by atoms with van der Waals surface area (Å²) in [6.07, 6.45) is 8.47. The summed E-state index contributed by atoms with van der Waals surface area (Å²) >= 11 is 0. The van der Waals surface area contributed by atoms with Crippen LogP contribution in [0.3, 0.4) is 0 Å². The van der Waals surface area contributed by atoms with Crippen LogP contribution in [0.4, 0.5) is 0 Å². The van der Waals surface area contributed by atoms with E-state index in [2.05, 4.69) is 26.6 Å². The Kier molecular flexibility index (Phi) is 3.87. The van der Waals surface area contributed by atoms with E-state index < -0.39 is 0 Å². The molecule has 0 N–H and O–H groups in total. The van der Waals surface area contributed by atoms with Crippen molar-refractivity contribution in [2.24, 2.45) is 5.92 Å². The Morgan fingerprint density at radius 3 is 2.53 bits per heavy atom. The van der Waals surface area contributed by atoms with Gasteiger partial charge in [0.2, 0.25) is 0 Å². The molecule has 0 bridgehead atoms. The topological polar surface area (TPSA) is 34.0 Å². The Morgan fingerprint density at radius 2 is 1.84 bits per heavy atom. The van der Waals surface area contributed by atoms with Crippen LogP contribution in [-0.4, -0.2) is 38.8 Å². The van der Waals surface area contributed by atoms with E-state index in [9.17, 15) is 0 Å². The first-order valence-electron chi connectivity index (χ1n) is 7.84. The molecule has 2 heterocycles. The first-order valence-corrected chi connectivity index (χ1v) is 7.84. The number of nitrogens with zero attached hydrogens (tertiary/aromatic N) is 4. The minimum Gasteiger partial charge on any atom is -0.298 e. The predicted molar refractivity (Wildman–Crippen MR) is 76.0 cm³/mol. The molecule has 0 unspecified atom stereocenters. The Balaban J connectivity index is 1.61. The lowest BCUT2D eigenvalue weighted by atomic mass is 10.1.